The van der Waals surface area contributed by atoms with E-state index >= 15 is 0 Å². The minimum atomic E-state index is -5.00. The molecule has 0 saturated carbocycles. The lowest BCUT2D eigenvalue weighted by Crippen LogP contribution is -2.37. The van der Waals surface area contributed by atoms with Crippen molar-refractivity contribution in [1.29, 1.82) is 0 Å². The number of nitrogens with zero attached hydrogens (tertiary/aromatic N) is 7. The van der Waals surface area contributed by atoms with Crippen LogP contribution in [0.5, 0.6) is 0 Å². The molecule has 41 heavy (non-hydrogen) atoms. The molecular formula is C23H18ClF6N7O4. The van der Waals surface area contributed by atoms with Gasteiger partial charge in [0.1, 0.15) is 12.9 Å². The second-order valence-corrected chi connectivity index (χ2v) is 8.90. The fourth-order valence-corrected chi connectivity index (χ4v) is 3.67. The van der Waals surface area contributed by atoms with Gasteiger partial charge in [0.15, 0.2) is 24.4 Å². The summed E-state index contributed by atoms with van der Waals surface area (Å²) < 4.78 is 83.0. The summed E-state index contributed by atoms with van der Waals surface area (Å²) in [5.41, 5.74) is -0.563. The molecule has 0 bridgehead atoms. The Kier molecular flexibility index (Phi) is 8.48. The van der Waals surface area contributed by atoms with Gasteiger partial charge >= 0.3 is 24.0 Å². The first kappa shape index (κ1) is 29.7. The van der Waals surface area contributed by atoms with Crippen LogP contribution in [0.4, 0.5) is 26.3 Å². The van der Waals surface area contributed by atoms with Crippen molar-refractivity contribution in [2.75, 3.05) is 6.61 Å². The zero-order chi connectivity index (χ0) is 29.9. The third-order valence-corrected chi connectivity index (χ3v) is 5.66. The zero-order valence-electron chi connectivity index (χ0n) is 20.5. The normalized spacial score (nSPS) is 12.9. The van der Waals surface area contributed by atoms with Crippen LogP contribution < -0.4 is 5.69 Å². The molecule has 11 nitrogen and oxygen atoms in total. The third kappa shape index (κ3) is 7.49. The quantitative estimate of drug-likeness (QED) is 0.228. The number of hydrogen-bond donors (Lipinski definition) is 1. The molecule has 18 heteroatoms. The Balaban J connectivity index is 1.61. The van der Waals surface area contributed by atoms with E-state index in [1.165, 1.54) is 48.9 Å². The van der Waals surface area contributed by atoms with Crippen molar-refractivity contribution in [3.05, 3.63) is 75.9 Å². The van der Waals surface area contributed by atoms with E-state index in [0.29, 0.717) is 9.59 Å². The van der Waals surface area contributed by atoms with Gasteiger partial charge in [-0.05, 0) is 36.4 Å². The molecule has 3 aromatic heterocycles. The van der Waals surface area contributed by atoms with Crippen LogP contribution in [-0.2, 0) is 29.0 Å². The van der Waals surface area contributed by atoms with Gasteiger partial charge in [0.05, 0.1) is 24.3 Å². The summed E-state index contributed by atoms with van der Waals surface area (Å²) in [5, 5.41) is 18.2. The molecule has 0 saturated heterocycles. The van der Waals surface area contributed by atoms with Gasteiger partial charge in [-0.15, -0.1) is 10.2 Å². The van der Waals surface area contributed by atoms with E-state index in [9.17, 15) is 41.0 Å². The Morgan fingerprint density at radius 3 is 2.41 bits per heavy atom. The second kappa shape index (κ2) is 11.7. The van der Waals surface area contributed by atoms with Gasteiger partial charge < -0.3 is 9.84 Å². The van der Waals surface area contributed by atoms with E-state index in [1.54, 1.807) is 0 Å². The molecule has 3 heterocycles. The van der Waals surface area contributed by atoms with E-state index in [1.807, 2.05) is 0 Å². The van der Waals surface area contributed by atoms with E-state index in [-0.39, 0.29) is 28.6 Å². The number of benzene rings is 1. The average Bonchev–Trinajstić information content (AvgIpc) is 3.48. The first-order valence-electron chi connectivity index (χ1n) is 11.5. The summed E-state index contributed by atoms with van der Waals surface area (Å²) in [5.74, 6) is -1.40. The molecule has 0 aliphatic rings. The molecular weight excluding hydrogens is 588 g/mol. The number of aromatic nitrogens is 7. The van der Waals surface area contributed by atoms with Crippen LogP contribution in [0.15, 0.2) is 53.7 Å². The Labute approximate surface area is 230 Å². The number of hydrogen-bond acceptors (Lipinski definition) is 8. The molecule has 4 rings (SSSR count). The number of ether oxygens (including phenoxy) is 1. The van der Waals surface area contributed by atoms with E-state index < -0.39 is 56.2 Å². The molecule has 1 aromatic carbocycles. The highest BCUT2D eigenvalue weighted by Gasteiger charge is 2.39. The Hall–Kier alpha value is -4.25. The number of rotatable bonds is 9. The van der Waals surface area contributed by atoms with Gasteiger partial charge in [-0.1, -0.05) is 11.6 Å². The lowest BCUT2D eigenvalue weighted by atomic mass is 10.2. The van der Waals surface area contributed by atoms with Crippen LogP contribution in [0.25, 0.3) is 17.1 Å². The molecule has 0 unspecified atom stereocenters. The number of esters is 1. The Morgan fingerprint density at radius 1 is 1.05 bits per heavy atom. The van der Waals surface area contributed by atoms with Crippen LogP contribution in [0.1, 0.15) is 11.5 Å². The standard InChI is InChI=1S/C23H18ClF6N7O4/c24-14-5-3-13(4-6-14)20-34-36(21(40)35(20)9-17(38)23(28,29)30)10-18-32-12-37(33-18)16-2-1-7-31-15(16)8-19(39)41-11-22(25,26)27/h1-7,12,17,38H,8-11H2/t17-/m0/s1. The first-order valence-corrected chi connectivity index (χ1v) is 11.8. The lowest BCUT2D eigenvalue weighted by Gasteiger charge is -2.15. The summed E-state index contributed by atoms with van der Waals surface area (Å²) in [6.45, 7) is -3.31. The largest absolute Gasteiger partial charge is 0.456 e. The molecule has 1 N–H and O–H groups in total. The van der Waals surface area contributed by atoms with Gasteiger partial charge in [0.2, 0.25) is 0 Å². The van der Waals surface area contributed by atoms with Gasteiger partial charge in [-0.25, -0.2) is 19.1 Å². The summed E-state index contributed by atoms with van der Waals surface area (Å²) in [4.78, 5) is 32.9. The topological polar surface area (TPSA) is 130 Å². The zero-order valence-corrected chi connectivity index (χ0v) is 21.2. The molecule has 1 atom stereocenters. The monoisotopic (exact) mass is 605 g/mol. The highest BCUT2D eigenvalue weighted by molar-refractivity contribution is 6.30. The lowest BCUT2D eigenvalue weighted by molar-refractivity contribution is -0.207. The molecule has 0 spiro atoms. The number of alkyl halides is 6. The molecule has 0 amide bonds. The summed E-state index contributed by atoms with van der Waals surface area (Å²) in [6, 6.07) is 8.67. The van der Waals surface area contributed by atoms with E-state index in [2.05, 4.69) is 24.9 Å². The fourth-order valence-electron chi connectivity index (χ4n) is 3.54. The summed E-state index contributed by atoms with van der Waals surface area (Å²) in [7, 11) is 0. The average molecular weight is 606 g/mol. The van der Waals surface area contributed by atoms with Crippen molar-refractivity contribution < 1.29 is 41.0 Å². The van der Waals surface area contributed by atoms with Crippen LogP contribution in [0.3, 0.4) is 0 Å². The van der Waals surface area contributed by atoms with Crippen LogP contribution in [0.2, 0.25) is 5.02 Å². The number of halogens is 7. The van der Waals surface area contributed by atoms with Crippen molar-refractivity contribution in [3.63, 3.8) is 0 Å². The van der Waals surface area contributed by atoms with Crippen molar-refractivity contribution in [1.82, 2.24) is 34.1 Å². The highest BCUT2D eigenvalue weighted by Crippen LogP contribution is 2.24. The Morgan fingerprint density at radius 2 is 1.76 bits per heavy atom. The number of carbonyl (C=O) groups excluding carboxylic acids is 1. The SMILES string of the molecule is O=C(Cc1ncccc1-n1cnc(Cn2nc(-c3ccc(Cl)cc3)n(C[C@H](O)C(F)(F)F)c2=O)n1)OCC(F)(F)F. The number of pyridine rings is 1. The van der Waals surface area contributed by atoms with Crippen molar-refractivity contribution in [2.24, 2.45) is 0 Å². The number of aliphatic hydroxyl groups is 1. The number of carbonyl (C=O) groups is 1. The van der Waals surface area contributed by atoms with Gasteiger partial charge in [0, 0.05) is 16.8 Å². The van der Waals surface area contributed by atoms with Gasteiger partial charge in [0.25, 0.3) is 0 Å². The predicted molar refractivity (Wildman–Crippen MR) is 128 cm³/mol. The summed E-state index contributed by atoms with van der Waals surface area (Å²) >= 11 is 5.88. The van der Waals surface area contributed by atoms with Crippen LogP contribution >= 0.6 is 11.6 Å². The molecule has 0 radical (unpaired) electrons. The molecule has 0 aliphatic heterocycles. The van der Waals surface area contributed by atoms with Gasteiger partial charge in [-0.2, -0.15) is 26.3 Å². The van der Waals surface area contributed by atoms with Crippen LogP contribution in [-0.4, -0.2) is 70.2 Å². The minimum Gasteiger partial charge on any atom is -0.456 e. The van der Waals surface area contributed by atoms with Crippen molar-refractivity contribution >= 4 is 17.6 Å². The van der Waals surface area contributed by atoms with Gasteiger partial charge in [-0.3, -0.25) is 14.3 Å². The highest BCUT2D eigenvalue weighted by atomic mass is 35.5. The van der Waals surface area contributed by atoms with Crippen molar-refractivity contribution in [2.45, 2.75) is 38.0 Å². The van der Waals surface area contributed by atoms with Crippen molar-refractivity contribution in [3.8, 4) is 17.1 Å². The maximum atomic E-state index is 13.1. The maximum Gasteiger partial charge on any atom is 0.422 e. The first-order chi connectivity index (χ1) is 19.2. The molecule has 4 aromatic rings. The predicted octanol–water partition coefficient (Wildman–Crippen LogP) is 2.96. The molecule has 0 fully saturated rings. The van der Waals surface area contributed by atoms with Crippen LogP contribution in [0, 0.1) is 0 Å². The minimum absolute atomic E-state index is 0.0173. The second-order valence-electron chi connectivity index (χ2n) is 8.47. The maximum absolute atomic E-state index is 13.1. The smallest absolute Gasteiger partial charge is 0.422 e. The molecule has 218 valence electrons. The number of aliphatic hydroxyl groups excluding tert-OH is 1. The Bertz CT molecular complexity index is 1580. The summed E-state index contributed by atoms with van der Waals surface area (Å²) in [6.07, 6.45) is -10.7. The van der Waals surface area contributed by atoms with E-state index in [0.717, 1.165) is 9.36 Å². The molecule has 0 aliphatic carbocycles. The van der Waals surface area contributed by atoms with E-state index in [4.69, 9.17) is 11.6 Å². The third-order valence-electron chi connectivity index (χ3n) is 5.41. The fraction of sp³-hybridized carbons (Fsp3) is 0.304.